The van der Waals surface area contributed by atoms with Gasteiger partial charge in [0.2, 0.25) is 5.88 Å². The van der Waals surface area contributed by atoms with Crippen molar-refractivity contribution in [2.45, 2.75) is 6.92 Å². The van der Waals surface area contributed by atoms with Gasteiger partial charge in [-0.15, -0.1) is 0 Å². The SMILES string of the molecule is Cc1c(N)cnc(Oc2cncc(Cl)c2)c1Br. The highest BCUT2D eigenvalue weighted by molar-refractivity contribution is 9.10. The van der Waals surface area contributed by atoms with Crippen molar-refractivity contribution in [1.29, 1.82) is 0 Å². The second-order valence-electron chi connectivity index (χ2n) is 3.40. The first-order valence-electron chi connectivity index (χ1n) is 4.77. The third kappa shape index (κ3) is 2.68. The normalized spacial score (nSPS) is 10.3. The number of rotatable bonds is 2. The molecule has 0 aliphatic heterocycles. The van der Waals surface area contributed by atoms with E-state index in [2.05, 4.69) is 25.9 Å². The Morgan fingerprint density at radius 3 is 2.82 bits per heavy atom. The summed E-state index contributed by atoms with van der Waals surface area (Å²) in [5.74, 6) is 0.954. The molecule has 17 heavy (non-hydrogen) atoms. The number of ether oxygens (including phenoxy) is 1. The maximum Gasteiger partial charge on any atom is 0.234 e. The molecule has 0 saturated heterocycles. The highest BCUT2D eigenvalue weighted by atomic mass is 79.9. The van der Waals surface area contributed by atoms with Gasteiger partial charge in [-0.25, -0.2) is 4.98 Å². The van der Waals surface area contributed by atoms with Gasteiger partial charge in [0.05, 0.1) is 27.6 Å². The highest BCUT2D eigenvalue weighted by Gasteiger charge is 2.09. The molecule has 2 rings (SSSR count). The lowest BCUT2D eigenvalue weighted by Crippen LogP contribution is -1.96. The number of pyridine rings is 2. The summed E-state index contributed by atoms with van der Waals surface area (Å²) in [5.41, 5.74) is 7.21. The fourth-order valence-electron chi connectivity index (χ4n) is 1.20. The summed E-state index contributed by atoms with van der Waals surface area (Å²) in [7, 11) is 0. The summed E-state index contributed by atoms with van der Waals surface area (Å²) in [6.07, 6.45) is 4.64. The Balaban J connectivity index is 2.34. The van der Waals surface area contributed by atoms with E-state index in [-0.39, 0.29) is 0 Å². The second kappa shape index (κ2) is 4.89. The second-order valence-corrected chi connectivity index (χ2v) is 4.63. The van der Waals surface area contributed by atoms with E-state index in [0.29, 0.717) is 22.3 Å². The molecule has 88 valence electrons. The van der Waals surface area contributed by atoms with E-state index in [4.69, 9.17) is 22.1 Å². The Bertz CT molecular complexity index is 562. The quantitative estimate of drug-likeness (QED) is 0.920. The molecule has 2 heterocycles. The van der Waals surface area contributed by atoms with Crippen LogP contribution in [-0.2, 0) is 0 Å². The van der Waals surface area contributed by atoms with Crippen LogP contribution in [0.15, 0.2) is 29.1 Å². The predicted molar refractivity (Wildman–Crippen MR) is 70.4 cm³/mol. The van der Waals surface area contributed by atoms with E-state index in [1.807, 2.05) is 6.92 Å². The Morgan fingerprint density at radius 2 is 2.12 bits per heavy atom. The number of hydrogen-bond donors (Lipinski definition) is 1. The largest absolute Gasteiger partial charge is 0.436 e. The maximum atomic E-state index is 5.81. The number of aromatic nitrogens is 2. The van der Waals surface area contributed by atoms with E-state index in [9.17, 15) is 0 Å². The zero-order valence-electron chi connectivity index (χ0n) is 8.95. The van der Waals surface area contributed by atoms with Gasteiger partial charge in [-0.3, -0.25) is 4.98 Å². The van der Waals surface area contributed by atoms with Crippen molar-refractivity contribution < 1.29 is 4.74 Å². The van der Waals surface area contributed by atoms with Crippen LogP contribution in [0.5, 0.6) is 11.6 Å². The van der Waals surface area contributed by atoms with Crippen LogP contribution in [0.2, 0.25) is 5.02 Å². The molecule has 0 bridgehead atoms. The molecule has 0 saturated carbocycles. The smallest absolute Gasteiger partial charge is 0.234 e. The summed E-state index contributed by atoms with van der Waals surface area (Å²) in [6, 6.07) is 1.66. The third-order valence-electron chi connectivity index (χ3n) is 2.17. The average Bonchev–Trinajstić information content (AvgIpc) is 2.30. The minimum Gasteiger partial charge on any atom is -0.436 e. The molecule has 0 spiro atoms. The van der Waals surface area contributed by atoms with Gasteiger partial charge >= 0.3 is 0 Å². The van der Waals surface area contributed by atoms with Crippen LogP contribution in [0.1, 0.15) is 5.56 Å². The number of anilines is 1. The molecule has 0 aromatic carbocycles. The maximum absolute atomic E-state index is 5.81. The molecule has 4 nitrogen and oxygen atoms in total. The van der Waals surface area contributed by atoms with Crippen molar-refractivity contribution in [2.24, 2.45) is 0 Å². The van der Waals surface area contributed by atoms with E-state index < -0.39 is 0 Å². The number of nitrogen functional groups attached to an aromatic ring is 1. The fraction of sp³-hybridized carbons (Fsp3) is 0.0909. The lowest BCUT2D eigenvalue weighted by Gasteiger charge is -2.09. The van der Waals surface area contributed by atoms with Gasteiger partial charge in [0.1, 0.15) is 5.75 Å². The van der Waals surface area contributed by atoms with Crippen molar-refractivity contribution in [3.05, 3.63) is 39.7 Å². The van der Waals surface area contributed by atoms with Crippen LogP contribution in [0.4, 0.5) is 5.69 Å². The molecule has 0 amide bonds. The van der Waals surface area contributed by atoms with Gasteiger partial charge in [-0.2, -0.15) is 0 Å². The van der Waals surface area contributed by atoms with E-state index in [1.165, 1.54) is 6.20 Å². The van der Waals surface area contributed by atoms with E-state index in [1.54, 1.807) is 18.5 Å². The first-order valence-corrected chi connectivity index (χ1v) is 5.94. The molecular weight excluding hydrogens is 305 g/mol. The van der Waals surface area contributed by atoms with Crippen LogP contribution in [0.25, 0.3) is 0 Å². The topological polar surface area (TPSA) is 61.0 Å². The molecule has 2 aromatic heterocycles. The third-order valence-corrected chi connectivity index (χ3v) is 3.31. The van der Waals surface area contributed by atoms with Crippen molar-refractivity contribution in [3.63, 3.8) is 0 Å². The Morgan fingerprint density at radius 1 is 1.35 bits per heavy atom. The van der Waals surface area contributed by atoms with Crippen LogP contribution in [0, 0.1) is 6.92 Å². The molecule has 0 radical (unpaired) electrons. The molecular formula is C11H9BrClN3O. The van der Waals surface area contributed by atoms with Crippen LogP contribution in [-0.4, -0.2) is 9.97 Å². The predicted octanol–water partition coefficient (Wildman–Crippen LogP) is 3.58. The summed E-state index contributed by atoms with van der Waals surface area (Å²) < 4.78 is 6.29. The van der Waals surface area contributed by atoms with Crippen LogP contribution in [0.3, 0.4) is 0 Å². The average molecular weight is 315 g/mol. The standard InChI is InChI=1S/C11H9BrClN3O/c1-6-9(14)5-16-11(10(6)12)17-8-2-7(13)3-15-4-8/h2-5H,14H2,1H3. The summed E-state index contributed by atoms with van der Waals surface area (Å²) in [5, 5.41) is 0.505. The molecule has 6 heteroatoms. The summed E-state index contributed by atoms with van der Waals surface area (Å²) in [4.78, 5) is 8.02. The lowest BCUT2D eigenvalue weighted by molar-refractivity contribution is 0.457. The van der Waals surface area contributed by atoms with E-state index >= 15 is 0 Å². The van der Waals surface area contributed by atoms with Crippen molar-refractivity contribution in [2.75, 3.05) is 5.73 Å². The molecule has 2 aromatic rings. The number of hydrogen-bond acceptors (Lipinski definition) is 4. The Labute approximate surface area is 112 Å². The minimum atomic E-state index is 0.431. The minimum absolute atomic E-state index is 0.431. The zero-order chi connectivity index (χ0) is 12.4. The molecule has 0 aliphatic carbocycles. The van der Waals surface area contributed by atoms with Gasteiger partial charge in [-0.1, -0.05) is 11.6 Å². The van der Waals surface area contributed by atoms with Gasteiger partial charge in [0, 0.05) is 12.3 Å². The molecule has 2 N–H and O–H groups in total. The van der Waals surface area contributed by atoms with Crippen molar-refractivity contribution in [1.82, 2.24) is 9.97 Å². The highest BCUT2D eigenvalue weighted by Crippen LogP contribution is 2.32. The lowest BCUT2D eigenvalue weighted by atomic mass is 10.2. The molecule has 0 atom stereocenters. The van der Waals surface area contributed by atoms with Crippen molar-refractivity contribution >= 4 is 33.2 Å². The number of nitrogens with two attached hydrogens (primary N) is 1. The Hall–Kier alpha value is -1.33. The van der Waals surface area contributed by atoms with Crippen LogP contribution >= 0.6 is 27.5 Å². The number of halogens is 2. The van der Waals surface area contributed by atoms with E-state index in [0.717, 1.165) is 10.0 Å². The first kappa shape index (κ1) is 12.1. The number of nitrogens with zero attached hydrogens (tertiary/aromatic N) is 2. The zero-order valence-corrected chi connectivity index (χ0v) is 11.3. The summed E-state index contributed by atoms with van der Waals surface area (Å²) >= 11 is 9.20. The van der Waals surface area contributed by atoms with Crippen molar-refractivity contribution in [3.8, 4) is 11.6 Å². The van der Waals surface area contributed by atoms with Crippen LogP contribution < -0.4 is 10.5 Å². The van der Waals surface area contributed by atoms with Gasteiger partial charge in [0.25, 0.3) is 0 Å². The van der Waals surface area contributed by atoms with Gasteiger partial charge in [0.15, 0.2) is 0 Å². The molecule has 0 unspecified atom stereocenters. The Kier molecular flexibility index (Phi) is 3.49. The van der Waals surface area contributed by atoms with Gasteiger partial charge in [-0.05, 0) is 28.4 Å². The fourth-order valence-corrected chi connectivity index (χ4v) is 1.78. The van der Waals surface area contributed by atoms with Gasteiger partial charge < -0.3 is 10.5 Å². The molecule has 0 fully saturated rings. The molecule has 0 aliphatic rings. The first-order chi connectivity index (χ1) is 8.08. The summed E-state index contributed by atoms with van der Waals surface area (Å²) in [6.45, 7) is 1.88. The monoisotopic (exact) mass is 313 g/mol.